The van der Waals surface area contributed by atoms with Gasteiger partial charge in [-0.3, -0.25) is 0 Å². The molecule has 0 aromatic rings. The van der Waals surface area contributed by atoms with Crippen LogP contribution in [0.4, 0.5) is 0 Å². The third kappa shape index (κ3) is 3.29. The molecule has 1 fully saturated rings. The van der Waals surface area contributed by atoms with Gasteiger partial charge in [-0.15, -0.1) is 23.2 Å². The highest BCUT2D eigenvalue weighted by Gasteiger charge is 2.30. The Hall–Kier alpha value is 0.540. The minimum atomic E-state index is 0.158. The maximum absolute atomic E-state index is 6.03. The molecule has 84 valence electrons. The Morgan fingerprint density at radius 3 is 2.21 bits per heavy atom. The molecule has 14 heavy (non-hydrogen) atoms. The molecule has 1 aliphatic rings. The lowest BCUT2D eigenvalue weighted by Crippen LogP contribution is -2.30. The van der Waals surface area contributed by atoms with Gasteiger partial charge in [0.15, 0.2) is 0 Å². The number of rotatable bonds is 5. The van der Waals surface area contributed by atoms with Gasteiger partial charge in [0.05, 0.1) is 0 Å². The van der Waals surface area contributed by atoms with E-state index in [1.165, 1.54) is 19.3 Å². The monoisotopic (exact) mass is 238 g/mol. The van der Waals surface area contributed by atoms with Gasteiger partial charge in [0, 0.05) is 25.0 Å². The summed E-state index contributed by atoms with van der Waals surface area (Å²) in [6.07, 6.45) is 4.60. The summed E-state index contributed by atoms with van der Waals surface area (Å²) < 4.78 is 5.35. The van der Waals surface area contributed by atoms with Crippen LogP contribution >= 0.6 is 23.2 Å². The first-order chi connectivity index (χ1) is 6.76. The highest BCUT2D eigenvalue weighted by Crippen LogP contribution is 2.36. The van der Waals surface area contributed by atoms with Crippen molar-refractivity contribution in [2.24, 2.45) is 11.3 Å². The molecule has 3 heteroatoms. The predicted octanol–water partition coefficient (Wildman–Crippen LogP) is 3.68. The minimum Gasteiger partial charge on any atom is -0.381 e. The van der Waals surface area contributed by atoms with Gasteiger partial charge in [-0.25, -0.2) is 0 Å². The molecule has 0 aromatic carbocycles. The molecular weight excluding hydrogens is 219 g/mol. The number of alkyl halides is 2. The van der Waals surface area contributed by atoms with E-state index < -0.39 is 0 Å². The zero-order chi connectivity index (χ0) is 10.4. The first kappa shape index (κ1) is 12.6. The first-order valence-corrected chi connectivity index (χ1v) is 6.53. The van der Waals surface area contributed by atoms with Gasteiger partial charge in [-0.1, -0.05) is 6.92 Å². The van der Waals surface area contributed by atoms with Gasteiger partial charge in [0.2, 0.25) is 0 Å². The Morgan fingerprint density at radius 1 is 1.21 bits per heavy atom. The molecule has 0 N–H and O–H groups in total. The molecule has 0 spiro atoms. The topological polar surface area (TPSA) is 9.23 Å². The van der Waals surface area contributed by atoms with Crippen LogP contribution in [-0.4, -0.2) is 25.0 Å². The van der Waals surface area contributed by atoms with E-state index in [1.807, 2.05) is 0 Å². The Morgan fingerprint density at radius 2 is 1.79 bits per heavy atom. The van der Waals surface area contributed by atoms with E-state index in [-0.39, 0.29) is 5.41 Å². The van der Waals surface area contributed by atoms with Gasteiger partial charge in [0.25, 0.3) is 0 Å². The Bertz CT molecular complexity index is 143. The highest BCUT2D eigenvalue weighted by atomic mass is 35.5. The number of halogens is 2. The van der Waals surface area contributed by atoms with Crippen molar-refractivity contribution in [2.45, 2.75) is 32.6 Å². The quantitative estimate of drug-likeness (QED) is 0.665. The summed E-state index contributed by atoms with van der Waals surface area (Å²) in [5.74, 6) is 2.13. The molecule has 0 aromatic heterocycles. The van der Waals surface area contributed by atoms with Crippen LogP contribution in [0.3, 0.4) is 0 Å². The van der Waals surface area contributed by atoms with Crippen LogP contribution in [-0.2, 0) is 4.74 Å². The molecule has 1 heterocycles. The van der Waals surface area contributed by atoms with Gasteiger partial charge >= 0.3 is 0 Å². The van der Waals surface area contributed by atoms with Crippen molar-refractivity contribution in [1.82, 2.24) is 0 Å². The lowest BCUT2D eigenvalue weighted by Gasteiger charge is -2.34. The van der Waals surface area contributed by atoms with Crippen molar-refractivity contribution >= 4 is 23.2 Å². The molecule has 1 saturated heterocycles. The van der Waals surface area contributed by atoms with Gasteiger partial charge in [0.1, 0.15) is 0 Å². The van der Waals surface area contributed by atoms with Crippen molar-refractivity contribution < 1.29 is 4.74 Å². The van der Waals surface area contributed by atoms with Crippen molar-refractivity contribution in [2.75, 3.05) is 25.0 Å². The third-order valence-corrected chi connectivity index (χ3v) is 4.51. The maximum atomic E-state index is 6.03. The smallest absolute Gasteiger partial charge is 0.0468 e. The van der Waals surface area contributed by atoms with E-state index in [9.17, 15) is 0 Å². The summed E-state index contributed by atoms with van der Waals surface area (Å²) >= 11 is 12.1. The largest absolute Gasteiger partial charge is 0.381 e. The van der Waals surface area contributed by atoms with Crippen LogP contribution in [0.25, 0.3) is 0 Å². The molecule has 1 rings (SSSR count). The molecule has 1 nitrogen and oxygen atoms in total. The van der Waals surface area contributed by atoms with Crippen molar-refractivity contribution in [3.8, 4) is 0 Å². The van der Waals surface area contributed by atoms with E-state index in [0.29, 0.717) is 11.8 Å². The molecule has 0 amide bonds. The van der Waals surface area contributed by atoms with Crippen molar-refractivity contribution in [1.29, 1.82) is 0 Å². The zero-order valence-corrected chi connectivity index (χ0v) is 10.4. The number of hydrogen-bond donors (Lipinski definition) is 0. The Balaban J connectivity index is 2.44. The maximum Gasteiger partial charge on any atom is 0.0468 e. The number of hydrogen-bond acceptors (Lipinski definition) is 1. The normalized spacial score (nSPS) is 19.9. The summed E-state index contributed by atoms with van der Waals surface area (Å²) in [4.78, 5) is 0. The second-order valence-electron chi connectivity index (χ2n) is 4.38. The fraction of sp³-hybridized carbons (Fsp3) is 1.00. The first-order valence-electron chi connectivity index (χ1n) is 5.46. The summed E-state index contributed by atoms with van der Waals surface area (Å²) in [5, 5.41) is 0. The van der Waals surface area contributed by atoms with Crippen LogP contribution in [0.1, 0.15) is 32.6 Å². The molecular formula is C11H20Cl2O. The lowest BCUT2D eigenvalue weighted by atomic mass is 9.78. The second-order valence-corrected chi connectivity index (χ2v) is 4.92. The van der Waals surface area contributed by atoms with Crippen LogP contribution < -0.4 is 0 Å². The summed E-state index contributed by atoms with van der Waals surface area (Å²) in [6.45, 7) is 4.01. The average molecular weight is 239 g/mol. The molecule has 0 radical (unpaired) electrons. The average Bonchev–Trinajstić information content (AvgIpc) is 2.28. The molecule has 0 atom stereocenters. The van der Waals surface area contributed by atoms with E-state index in [0.717, 1.165) is 25.6 Å². The summed E-state index contributed by atoms with van der Waals surface area (Å²) in [5.41, 5.74) is 0.158. The Labute approximate surface area is 97.1 Å². The lowest BCUT2D eigenvalue weighted by molar-refractivity contribution is 0.0515. The highest BCUT2D eigenvalue weighted by molar-refractivity contribution is 6.21. The van der Waals surface area contributed by atoms with Gasteiger partial charge in [-0.2, -0.15) is 0 Å². The van der Waals surface area contributed by atoms with Crippen LogP contribution in [0.5, 0.6) is 0 Å². The SMILES string of the molecule is CCC(CCl)(CCl)CC1CCOCC1. The molecule has 0 saturated carbocycles. The summed E-state index contributed by atoms with van der Waals surface area (Å²) in [6, 6.07) is 0. The standard InChI is InChI=1S/C11H20Cl2O/c1-2-11(8-12,9-13)7-10-3-5-14-6-4-10/h10H,2-9H2,1H3. The van der Waals surface area contributed by atoms with Crippen LogP contribution in [0.2, 0.25) is 0 Å². The molecule has 0 aliphatic carbocycles. The van der Waals surface area contributed by atoms with Gasteiger partial charge < -0.3 is 4.74 Å². The zero-order valence-electron chi connectivity index (χ0n) is 8.90. The Kier molecular flexibility index (Phi) is 5.58. The van der Waals surface area contributed by atoms with Gasteiger partial charge in [-0.05, 0) is 37.0 Å². The number of ether oxygens (including phenoxy) is 1. The fourth-order valence-corrected chi connectivity index (χ4v) is 2.92. The molecule has 0 unspecified atom stereocenters. The van der Waals surface area contributed by atoms with E-state index in [2.05, 4.69) is 6.92 Å². The fourth-order valence-electron chi connectivity index (χ4n) is 2.04. The van der Waals surface area contributed by atoms with Crippen LogP contribution in [0, 0.1) is 11.3 Å². The van der Waals surface area contributed by atoms with Crippen molar-refractivity contribution in [3.63, 3.8) is 0 Å². The third-order valence-electron chi connectivity index (χ3n) is 3.38. The van der Waals surface area contributed by atoms with Crippen LogP contribution in [0.15, 0.2) is 0 Å². The van der Waals surface area contributed by atoms with E-state index >= 15 is 0 Å². The van der Waals surface area contributed by atoms with E-state index in [1.54, 1.807) is 0 Å². The van der Waals surface area contributed by atoms with E-state index in [4.69, 9.17) is 27.9 Å². The van der Waals surface area contributed by atoms with Crippen molar-refractivity contribution in [3.05, 3.63) is 0 Å². The summed E-state index contributed by atoms with van der Waals surface area (Å²) in [7, 11) is 0. The second kappa shape index (κ2) is 6.19. The predicted molar refractivity (Wildman–Crippen MR) is 62.3 cm³/mol. The molecule has 1 aliphatic heterocycles. The minimum absolute atomic E-state index is 0.158. The molecule has 0 bridgehead atoms.